The van der Waals surface area contributed by atoms with Crippen LogP contribution >= 0.6 is 0 Å². The van der Waals surface area contributed by atoms with E-state index in [0.29, 0.717) is 13.1 Å². The largest absolute Gasteiger partial charge is 0.340 e. The molecule has 0 radical (unpaired) electrons. The van der Waals surface area contributed by atoms with E-state index in [2.05, 4.69) is 41.0 Å². The molecule has 1 aromatic rings. The second-order valence-electron chi connectivity index (χ2n) is 8.61. The molecule has 1 aromatic carbocycles. The molecule has 0 unspecified atom stereocenters. The molecule has 4 nitrogen and oxygen atoms in total. The summed E-state index contributed by atoms with van der Waals surface area (Å²) in [7, 11) is 1.93. The van der Waals surface area contributed by atoms with Crippen molar-refractivity contribution in [3.8, 4) is 0 Å². The van der Waals surface area contributed by atoms with Crippen molar-refractivity contribution in [2.75, 3.05) is 46.3 Å². The fraction of sp³-hybridized carbons (Fsp3) is 0.696. The maximum atomic E-state index is 12.7. The van der Waals surface area contributed by atoms with E-state index in [0.717, 1.165) is 25.6 Å². The van der Waals surface area contributed by atoms with E-state index in [1.54, 1.807) is 0 Å². The lowest BCUT2D eigenvalue weighted by Crippen LogP contribution is -2.40. The summed E-state index contributed by atoms with van der Waals surface area (Å²) in [6.07, 6.45) is 8.30. The van der Waals surface area contributed by atoms with Gasteiger partial charge in [0.25, 0.3) is 0 Å². The van der Waals surface area contributed by atoms with Gasteiger partial charge in [-0.05, 0) is 56.3 Å². The van der Waals surface area contributed by atoms with E-state index in [1.165, 1.54) is 62.7 Å². The van der Waals surface area contributed by atoms with E-state index < -0.39 is 0 Å². The third-order valence-corrected chi connectivity index (χ3v) is 6.38. The van der Waals surface area contributed by atoms with Crippen LogP contribution in [-0.4, -0.2) is 66.9 Å². The van der Waals surface area contributed by atoms with Crippen LogP contribution in [0.5, 0.6) is 0 Å². The van der Waals surface area contributed by atoms with E-state index in [-0.39, 0.29) is 5.91 Å². The third kappa shape index (κ3) is 6.32. The standard InChI is InChI=1S/C23H37N3O/c1-20-9-6-7-12-22(20)18-24(2)23(27)19-26-14-8-13-25(15-16-26)17-21-10-4-3-5-11-21/h6-7,9,12,21H,3-5,8,10-11,13-19H2,1-2H3. The Hall–Kier alpha value is -1.39. The van der Waals surface area contributed by atoms with E-state index in [1.807, 2.05) is 11.9 Å². The quantitative estimate of drug-likeness (QED) is 0.765. The highest BCUT2D eigenvalue weighted by Gasteiger charge is 2.22. The van der Waals surface area contributed by atoms with Crippen molar-refractivity contribution in [3.63, 3.8) is 0 Å². The predicted molar refractivity (Wildman–Crippen MR) is 112 cm³/mol. The molecule has 2 aliphatic rings. The number of nitrogens with zero attached hydrogens (tertiary/aromatic N) is 3. The maximum absolute atomic E-state index is 12.7. The predicted octanol–water partition coefficient (Wildman–Crippen LogP) is 3.54. The Morgan fingerprint density at radius 2 is 1.70 bits per heavy atom. The number of aryl methyl sites for hydroxylation is 1. The Morgan fingerprint density at radius 1 is 1.00 bits per heavy atom. The van der Waals surface area contributed by atoms with Crippen molar-refractivity contribution >= 4 is 5.91 Å². The number of rotatable bonds is 6. The zero-order chi connectivity index (χ0) is 19.1. The number of likely N-dealkylation sites (N-methyl/N-ethyl adjacent to an activating group) is 1. The number of carbonyl (C=O) groups is 1. The lowest BCUT2D eigenvalue weighted by Gasteiger charge is -2.29. The van der Waals surface area contributed by atoms with Crippen LogP contribution in [0.3, 0.4) is 0 Å². The molecule has 0 bridgehead atoms. The van der Waals surface area contributed by atoms with Crippen molar-refractivity contribution in [1.82, 2.24) is 14.7 Å². The van der Waals surface area contributed by atoms with E-state index in [4.69, 9.17) is 0 Å². The Kier molecular flexibility index (Phi) is 7.71. The van der Waals surface area contributed by atoms with Crippen molar-refractivity contribution < 1.29 is 4.79 Å². The Bertz CT molecular complexity index is 597. The van der Waals surface area contributed by atoms with Crippen LogP contribution in [0.2, 0.25) is 0 Å². The minimum absolute atomic E-state index is 0.235. The topological polar surface area (TPSA) is 26.8 Å². The van der Waals surface area contributed by atoms with Crippen LogP contribution in [0.25, 0.3) is 0 Å². The van der Waals surface area contributed by atoms with Gasteiger partial charge in [0.2, 0.25) is 5.91 Å². The Morgan fingerprint density at radius 3 is 2.48 bits per heavy atom. The summed E-state index contributed by atoms with van der Waals surface area (Å²) in [5.41, 5.74) is 2.49. The first kappa shape index (κ1) is 20.3. The van der Waals surface area contributed by atoms with Crippen LogP contribution in [0.4, 0.5) is 0 Å². The SMILES string of the molecule is Cc1ccccc1CN(C)C(=O)CN1CCCN(CC2CCCCC2)CC1. The molecule has 0 N–H and O–H groups in total. The summed E-state index contributed by atoms with van der Waals surface area (Å²) in [5, 5.41) is 0. The highest BCUT2D eigenvalue weighted by molar-refractivity contribution is 5.78. The third-order valence-electron chi connectivity index (χ3n) is 6.38. The maximum Gasteiger partial charge on any atom is 0.236 e. The minimum atomic E-state index is 0.235. The molecule has 0 aromatic heterocycles. The first-order valence-electron chi connectivity index (χ1n) is 10.8. The smallest absolute Gasteiger partial charge is 0.236 e. The van der Waals surface area contributed by atoms with Crippen LogP contribution in [0, 0.1) is 12.8 Å². The fourth-order valence-corrected chi connectivity index (χ4v) is 4.54. The lowest BCUT2D eigenvalue weighted by molar-refractivity contribution is -0.131. The van der Waals surface area contributed by atoms with Crippen molar-refractivity contribution in [2.45, 2.75) is 52.0 Å². The van der Waals surface area contributed by atoms with E-state index in [9.17, 15) is 4.79 Å². The lowest BCUT2D eigenvalue weighted by atomic mass is 9.89. The van der Waals surface area contributed by atoms with Crippen LogP contribution in [0.15, 0.2) is 24.3 Å². The molecule has 150 valence electrons. The molecule has 1 saturated heterocycles. The monoisotopic (exact) mass is 371 g/mol. The van der Waals surface area contributed by atoms with Gasteiger partial charge in [0.1, 0.15) is 0 Å². The van der Waals surface area contributed by atoms with Gasteiger partial charge in [0.05, 0.1) is 6.54 Å². The number of benzene rings is 1. The Balaban J connectivity index is 1.43. The van der Waals surface area contributed by atoms with Gasteiger partial charge >= 0.3 is 0 Å². The summed E-state index contributed by atoms with van der Waals surface area (Å²) in [6, 6.07) is 8.34. The number of hydrogen-bond acceptors (Lipinski definition) is 3. The molecule has 1 heterocycles. The summed E-state index contributed by atoms with van der Waals surface area (Å²) in [5.74, 6) is 1.14. The number of hydrogen-bond donors (Lipinski definition) is 0. The van der Waals surface area contributed by atoms with Gasteiger partial charge in [-0.3, -0.25) is 9.69 Å². The van der Waals surface area contributed by atoms with Crippen LogP contribution in [-0.2, 0) is 11.3 Å². The van der Waals surface area contributed by atoms with E-state index >= 15 is 0 Å². The normalized spacial score (nSPS) is 20.4. The fourth-order valence-electron chi connectivity index (χ4n) is 4.54. The highest BCUT2D eigenvalue weighted by Crippen LogP contribution is 2.24. The van der Waals surface area contributed by atoms with Gasteiger partial charge in [0, 0.05) is 33.2 Å². The average Bonchev–Trinajstić information content (AvgIpc) is 2.89. The van der Waals surface area contributed by atoms with Crippen LogP contribution < -0.4 is 0 Å². The van der Waals surface area contributed by atoms with Gasteiger partial charge in [-0.15, -0.1) is 0 Å². The molecule has 0 atom stereocenters. The molecule has 0 spiro atoms. The van der Waals surface area contributed by atoms with Crippen molar-refractivity contribution in [1.29, 1.82) is 0 Å². The molecule has 1 aliphatic carbocycles. The molecule has 27 heavy (non-hydrogen) atoms. The summed E-state index contributed by atoms with van der Waals surface area (Å²) in [4.78, 5) is 19.6. The van der Waals surface area contributed by atoms with Gasteiger partial charge in [-0.1, -0.05) is 43.5 Å². The molecular formula is C23H37N3O. The molecule has 2 fully saturated rings. The van der Waals surface area contributed by atoms with Gasteiger partial charge in [-0.25, -0.2) is 0 Å². The molecule has 3 rings (SSSR count). The second-order valence-corrected chi connectivity index (χ2v) is 8.61. The van der Waals surface area contributed by atoms with Gasteiger partial charge < -0.3 is 9.80 Å². The molecule has 4 heteroatoms. The molecular weight excluding hydrogens is 334 g/mol. The molecule has 1 aliphatic heterocycles. The first-order valence-corrected chi connectivity index (χ1v) is 10.8. The zero-order valence-electron chi connectivity index (χ0n) is 17.3. The first-order chi connectivity index (χ1) is 13.1. The van der Waals surface area contributed by atoms with Gasteiger partial charge in [0.15, 0.2) is 0 Å². The second kappa shape index (κ2) is 10.2. The van der Waals surface area contributed by atoms with Crippen molar-refractivity contribution in [3.05, 3.63) is 35.4 Å². The molecule has 1 saturated carbocycles. The van der Waals surface area contributed by atoms with Crippen LogP contribution in [0.1, 0.15) is 49.7 Å². The number of carbonyl (C=O) groups excluding carboxylic acids is 1. The summed E-state index contributed by atoms with van der Waals surface area (Å²) < 4.78 is 0. The zero-order valence-corrected chi connectivity index (χ0v) is 17.3. The number of amides is 1. The van der Waals surface area contributed by atoms with Gasteiger partial charge in [-0.2, -0.15) is 0 Å². The average molecular weight is 372 g/mol. The summed E-state index contributed by atoms with van der Waals surface area (Å²) >= 11 is 0. The van der Waals surface area contributed by atoms with Crippen molar-refractivity contribution in [2.24, 2.45) is 5.92 Å². The minimum Gasteiger partial charge on any atom is -0.340 e. The highest BCUT2D eigenvalue weighted by atomic mass is 16.2. The summed E-state index contributed by atoms with van der Waals surface area (Å²) in [6.45, 7) is 9.03. The molecule has 1 amide bonds. The Labute approximate surface area is 165 Å².